The molecular formula is C23H30N7O7P. The number of nitrogen functional groups attached to an aromatic ring is 1. The fourth-order valence-corrected chi connectivity index (χ4v) is 5.25. The number of nitrogens with one attached hydrogen (secondary N) is 2. The van der Waals surface area contributed by atoms with Crippen molar-refractivity contribution in [2.75, 3.05) is 30.9 Å². The van der Waals surface area contributed by atoms with Gasteiger partial charge in [0.1, 0.15) is 18.4 Å². The molecule has 3 aromatic rings. The average molecular weight is 548 g/mol. The second kappa shape index (κ2) is 11.2. The number of carbonyl (C=O) groups is 1. The van der Waals surface area contributed by atoms with Gasteiger partial charge < -0.3 is 29.8 Å². The number of para-hydroxylation sites is 1. The number of aromatic nitrogens is 4. The summed E-state index contributed by atoms with van der Waals surface area (Å²) in [6.45, 7) is 3.27. The van der Waals surface area contributed by atoms with Gasteiger partial charge in [0.25, 0.3) is 0 Å². The van der Waals surface area contributed by atoms with E-state index in [9.17, 15) is 9.36 Å². The second-order valence-electron chi connectivity index (χ2n) is 8.83. The SMILES string of the molecule is CCOC(=O)[C@H](C)NP(=O)(OC[C@@H]1OC[C@H](n2cnc3c(NC4CC4)nc(N)nc32)O1)Oc1ccccc1. The van der Waals surface area contributed by atoms with Gasteiger partial charge in [-0.05, 0) is 38.8 Å². The molecule has 2 aliphatic rings. The summed E-state index contributed by atoms with van der Waals surface area (Å²) in [5, 5.41) is 5.94. The van der Waals surface area contributed by atoms with Gasteiger partial charge >= 0.3 is 13.7 Å². The van der Waals surface area contributed by atoms with E-state index in [1.54, 1.807) is 48.1 Å². The summed E-state index contributed by atoms with van der Waals surface area (Å²) in [6.07, 6.45) is 2.25. The third kappa shape index (κ3) is 6.22. The molecule has 15 heteroatoms. The molecule has 1 aliphatic carbocycles. The molecule has 0 radical (unpaired) electrons. The van der Waals surface area contributed by atoms with Crippen LogP contribution in [0.1, 0.15) is 32.9 Å². The number of nitrogens with two attached hydrogens (primary N) is 1. The lowest BCUT2D eigenvalue weighted by molar-refractivity contribution is -0.144. The molecule has 1 saturated carbocycles. The van der Waals surface area contributed by atoms with Crippen LogP contribution in [-0.4, -0.2) is 63.7 Å². The molecule has 0 bridgehead atoms. The third-order valence-corrected chi connectivity index (χ3v) is 7.39. The van der Waals surface area contributed by atoms with Gasteiger partial charge in [-0.15, -0.1) is 0 Å². The van der Waals surface area contributed by atoms with E-state index >= 15 is 0 Å². The lowest BCUT2D eigenvalue weighted by Gasteiger charge is -2.23. The van der Waals surface area contributed by atoms with Crippen LogP contribution >= 0.6 is 7.75 Å². The van der Waals surface area contributed by atoms with Crippen molar-refractivity contribution >= 4 is 36.6 Å². The lowest BCUT2D eigenvalue weighted by Crippen LogP contribution is -2.35. The Kier molecular flexibility index (Phi) is 7.77. The predicted molar refractivity (Wildman–Crippen MR) is 136 cm³/mol. The molecule has 5 rings (SSSR count). The number of hydrogen-bond acceptors (Lipinski definition) is 12. The Bertz CT molecular complexity index is 1320. The summed E-state index contributed by atoms with van der Waals surface area (Å²) in [4.78, 5) is 25.2. The molecule has 14 nitrogen and oxygen atoms in total. The molecule has 4 N–H and O–H groups in total. The van der Waals surface area contributed by atoms with Gasteiger partial charge in [-0.25, -0.2) is 9.55 Å². The van der Waals surface area contributed by atoms with Gasteiger partial charge in [0, 0.05) is 6.04 Å². The zero-order chi connectivity index (χ0) is 26.7. The quantitative estimate of drug-likeness (QED) is 0.223. The van der Waals surface area contributed by atoms with Gasteiger partial charge in [-0.2, -0.15) is 15.1 Å². The predicted octanol–water partition coefficient (Wildman–Crippen LogP) is 2.60. The normalized spacial score (nSPS) is 21.6. The minimum Gasteiger partial charge on any atom is -0.465 e. The summed E-state index contributed by atoms with van der Waals surface area (Å²) in [6, 6.07) is 7.88. The summed E-state index contributed by atoms with van der Waals surface area (Å²) >= 11 is 0. The number of hydrogen-bond donors (Lipinski definition) is 3. The van der Waals surface area contributed by atoms with Crippen LogP contribution in [0.15, 0.2) is 36.7 Å². The molecule has 1 unspecified atom stereocenters. The van der Waals surface area contributed by atoms with E-state index in [2.05, 4.69) is 25.4 Å². The number of nitrogens with zero attached hydrogens (tertiary/aromatic N) is 4. The zero-order valence-electron chi connectivity index (χ0n) is 21.0. The van der Waals surface area contributed by atoms with Crippen molar-refractivity contribution in [2.45, 2.75) is 51.3 Å². The van der Waals surface area contributed by atoms with Crippen LogP contribution in [0.4, 0.5) is 11.8 Å². The van der Waals surface area contributed by atoms with Gasteiger partial charge in [-0.3, -0.25) is 13.9 Å². The monoisotopic (exact) mass is 547 g/mol. The van der Waals surface area contributed by atoms with Crippen molar-refractivity contribution < 1.29 is 32.6 Å². The van der Waals surface area contributed by atoms with Gasteiger partial charge in [0.05, 0.1) is 19.5 Å². The van der Waals surface area contributed by atoms with E-state index in [0.717, 1.165) is 12.8 Å². The second-order valence-corrected chi connectivity index (χ2v) is 10.5. The first kappa shape index (κ1) is 26.3. The van der Waals surface area contributed by atoms with Crippen molar-refractivity contribution in [2.24, 2.45) is 0 Å². The highest BCUT2D eigenvalue weighted by atomic mass is 31.2. The molecule has 1 aromatic carbocycles. The third-order valence-electron chi connectivity index (χ3n) is 5.74. The van der Waals surface area contributed by atoms with E-state index in [-0.39, 0.29) is 25.8 Å². The van der Waals surface area contributed by atoms with E-state index in [1.165, 1.54) is 6.92 Å². The summed E-state index contributed by atoms with van der Waals surface area (Å²) in [5.74, 6) is 0.392. The number of ether oxygens (including phenoxy) is 3. The van der Waals surface area contributed by atoms with Crippen molar-refractivity contribution in [3.05, 3.63) is 36.7 Å². The van der Waals surface area contributed by atoms with Gasteiger partial charge in [0.2, 0.25) is 5.95 Å². The number of benzene rings is 1. The number of rotatable bonds is 12. The Labute approximate surface area is 218 Å². The number of carbonyl (C=O) groups excluding carboxylic acids is 1. The van der Waals surface area contributed by atoms with Crippen molar-refractivity contribution in [3.8, 4) is 5.75 Å². The summed E-state index contributed by atoms with van der Waals surface area (Å²) in [7, 11) is -4.04. The molecule has 0 spiro atoms. The minimum atomic E-state index is -4.04. The maximum atomic E-state index is 13.6. The van der Waals surface area contributed by atoms with Crippen LogP contribution in [0.2, 0.25) is 0 Å². The molecule has 4 atom stereocenters. The first-order valence-corrected chi connectivity index (χ1v) is 13.8. The standard InChI is InChI=1S/C23H30N7O7P/c1-3-33-22(31)14(2)29-38(32,37-16-7-5-4-6-8-16)35-12-18-34-11-17(36-18)30-13-25-19-20(26-15-9-10-15)27-23(24)28-21(19)30/h4-8,13-15,17-18H,3,9-12H2,1-2H3,(H,29,32)(H3,24,26,27,28)/t14-,17+,18+,38?/m0/s1. The Hall–Kier alpha value is -3.29. The first-order valence-electron chi connectivity index (χ1n) is 12.3. The fraction of sp³-hybridized carbons (Fsp3) is 0.478. The van der Waals surface area contributed by atoms with E-state index in [0.29, 0.717) is 28.8 Å². The van der Waals surface area contributed by atoms with Gasteiger partial charge in [0.15, 0.2) is 29.5 Å². The van der Waals surface area contributed by atoms with Crippen LogP contribution in [0.25, 0.3) is 11.2 Å². The number of imidazole rings is 1. The average Bonchev–Trinajstić information content (AvgIpc) is 3.40. The number of esters is 1. The van der Waals surface area contributed by atoms with E-state index < -0.39 is 32.3 Å². The molecule has 2 aromatic heterocycles. The Morgan fingerprint density at radius 1 is 1.29 bits per heavy atom. The highest BCUT2D eigenvalue weighted by Gasteiger charge is 2.36. The van der Waals surface area contributed by atoms with Crippen molar-refractivity contribution in [1.82, 2.24) is 24.6 Å². The molecule has 1 saturated heterocycles. The first-order chi connectivity index (χ1) is 18.3. The van der Waals surface area contributed by atoms with Crippen molar-refractivity contribution in [3.63, 3.8) is 0 Å². The molecule has 0 amide bonds. The lowest BCUT2D eigenvalue weighted by atomic mass is 10.3. The molecular weight excluding hydrogens is 517 g/mol. The Balaban J connectivity index is 1.26. The Morgan fingerprint density at radius 2 is 2.08 bits per heavy atom. The van der Waals surface area contributed by atoms with Crippen LogP contribution < -0.4 is 20.7 Å². The highest BCUT2D eigenvalue weighted by Crippen LogP contribution is 2.45. The molecule has 2 fully saturated rings. The van der Waals surface area contributed by atoms with Crippen LogP contribution in [0.3, 0.4) is 0 Å². The maximum Gasteiger partial charge on any atom is 0.459 e. The van der Waals surface area contributed by atoms with E-state index in [4.69, 9.17) is 29.0 Å². The minimum absolute atomic E-state index is 0.113. The summed E-state index contributed by atoms with van der Waals surface area (Å²) < 4.78 is 43.3. The number of fused-ring (bicyclic) bond motifs is 1. The largest absolute Gasteiger partial charge is 0.465 e. The van der Waals surface area contributed by atoms with Crippen molar-refractivity contribution in [1.29, 1.82) is 0 Å². The maximum absolute atomic E-state index is 13.6. The number of anilines is 2. The highest BCUT2D eigenvalue weighted by molar-refractivity contribution is 7.52. The smallest absolute Gasteiger partial charge is 0.459 e. The van der Waals surface area contributed by atoms with Crippen LogP contribution in [-0.2, 0) is 28.1 Å². The molecule has 204 valence electrons. The zero-order valence-corrected chi connectivity index (χ0v) is 21.9. The van der Waals surface area contributed by atoms with Crippen LogP contribution in [0.5, 0.6) is 5.75 Å². The van der Waals surface area contributed by atoms with Crippen LogP contribution in [0, 0.1) is 0 Å². The van der Waals surface area contributed by atoms with E-state index in [1.807, 2.05) is 0 Å². The molecule has 38 heavy (non-hydrogen) atoms. The molecule has 3 heterocycles. The van der Waals surface area contributed by atoms with Gasteiger partial charge in [-0.1, -0.05) is 18.2 Å². The molecule has 1 aliphatic heterocycles. The Morgan fingerprint density at radius 3 is 2.82 bits per heavy atom. The summed E-state index contributed by atoms with van der Waals surface area (Å²) in [5.41, 5.74) is 7.01. The topological polar surface area (TPSA) is 174 Å². The fourth-order valence-electron chi connectivity index (χ4n) is 3.77.